The fourth-order valence-corrected chi connectivity index (χ4v) is 5.05. The number of amides is 1. The van der Waals surface area contributed by atoms with Crippen LogP contribution in [0.3, 0.4) is 0 Å². The number of phenolic OH excluding ortho intramolecular Hbond substituents is 1. The van der Waals surface area contributed by atoms with Crippen LogP contribution in [0.1, 0.15) is 92.6 Å². The summed E-state index contributed by atoms with van der Waals surface area (Å²) in [5.74, 6) is -0.716. The number of halogens is 2. The maximum absolute atomic E-state index is 12.7. The van der Waals surface area contributed by atoms with Crippen LogP contribution >= 0.6 is 27.5 Å². The molecule has 0 radical (unpaired) electrons. The van der Waals surface area contributed by atoms with Crippen LogP contribution in [0.5, 0.6) is 5.75 Å². The molecular weight excluding hydrogens is 606 g/mol. The molecule has 0 fully saturated rings. The van der Waals surface area contributed by atoms with Gasteiger partial charge in [-0.3, -0.25) is 14.9 Å². The predicted molar refractivity (Wildman–Crippen MR) is 172 cm³/mol. The van der Waals surface area contributed by atoms with Crippen molar-refractivity contribution in [2.75, 3.05) is 11.9 Å². The van der Waals surface area contributed by atoms with Gasteiger partial charge in [0.15, 0.2) is 0 Å². The summed E-state index contributed by atoms with van der Waals surface area (Å²) in [6.07, 6.45) is 14.4. The molecule has 41 heavy (non-hydrogen) atoms. The second-order valence-corrected chi connectivity index (χ2v) is 11.3. The molecule has 3 aromatic rings. The van der Waals surface area contributed by atoms with E-state index in [4.69, 9.17) is 17.3 Å². The summed E-state index contributed by atoms with van der Waals surface area (Å²) in [7, 11) is 0. The number of nitrogens with two attached hydrogens (primary N) is 1. The minimum absolute atomic E-state index is 0.0292. The van der Waals surface area contributed by atoms with Gasteiger partial charge in [0.2, 0.25) is 0 Å². The largest absolute Gasteiger partial charge is 0.507 e. The molecule has 0 saturated carbocycles. The lowest BCUT2D eigenvalue weighted by atomic mass is 10.0. The first kappa shape index (κ1) is 34.3. The third-order valence-corrected chi connectivity index (χ3v) is 7.38. The molecule has 0 aliphatic rings. The average molecular weight is 647 g/mol. The van der Waals surface area contributed by atoms with Gasteiger partial charge in [-0.15, -0.1) is 0 Å². The molecule has 222 valence electrons. The maximum Gasteiger partial charge on any atom is 0.271 e. The molecule has 0 aromatic heterocycles. The van der Waals surface area contributed by atoms with Gasteiger partial charge < -0.3 is 16.2 Å². The average Bonchev–Trinajstić information content (AvgIpc) is 2.95. The Morgan fingerprint density at radius 1 is 0.951 bits per heavy atom. The van der Waals surface area contributed by atoms with E-state index in [1.165, 1.54) is 82.4 Å². The summed E-state index contributed by atoms with van der Waals surface area (Å²) in [6, 6.07) is 16.5. The van der Waals surface area contributed by atoms with E-state index in [-0.39, 0.29) is 27.7 Å². The van der Waals surface area contributed by atoms with Crippen LogP contribution in [0.2, 0.25) is 5.02 Å². The second kappa shape index (κ2) is 19.2. The van der Waals surface area contributed by atoms with Crippen LogP contribution in [0.4, 0.5) is 11.4 Å². The molecule has 0 atom stereocenters. The molecular formula is C32H41BrClN3O4. The number of anilines is 1. The summed E-state index contributed by atoms with van der Waals surface area (Å²) < 4.78 is 0.635. The molecule has 0 aliphatic heterocycles. The van der Waals surface area contributed by atoms with Gasteiger partial charge in [0.05, 0.1) is 21.2 Å². The lowest BCUT2D eigenvalue weighted by Gasteiger charge is -2.12. The number of nitrogens with zero attached hydrogens (tertiary/aromatic N) is 1. The Kier molecular flexibility index (Phi) is 16.1. The smallest absolute Gasteiger partial charge is 0.271 e. The number of unbranched alkanes of at least 4 members (excludes halogenated alkanes) is 9. The normalized spacial score (nSPS) is 10.5. The Bertz CT molecular complexity index is 1230. The third-order valence-electron chi connectivity index (χ3n) is 6.61. The number of phenols is 1. The first-order chi connectivity index (χ1) is 19.8. The fourth-order valence-electron chi connectivity index (χ4n) is 4.32. The molecule has 3 rings (SSSR count). The number of benzene rings is 3. The molecule has 0 saturated heterocycles. The zero-order valence-corrected chi connectivity index (χ0v) is 26.1. The third kappa shape index (κ3) is 12.6. The van der Waals surface area contributed by atoms with Gasteiger partial charge in [-0.2, -0.15) is 0 Å². The number of non-ortho nitro benzene ring substituents is 1. The number of hydrogen-bond donors (Lipinski definition) is 3. The second-order valence-electron chi connectivity index (χ2n) is 9.97. The number of aromatic hydroxyl groups is 1. The Morgan fingerprint density at radius 3 is 2.12 bits per heavy atom. The number of carbonyl (C=O) groups excluding carboxylic acids is 1. The van der Waals surface area contributed by atoms with Gasteiger partial charge >= 0.3 is 0 Å². The summed E-state index contributed by atoms with van der Waals surface area (Å²) >= 11 is 9.39. The lowest BCUT2D eigenvalue weighted by molar-refractivity contribution is -0.384. The van der Waals surface area contributed by atoms with Crippen LogP contribution in [0.15, 0.2) is 65.1 Å². The molecule has 1 amide bonds. The quantitative estimate of drug-likeness (QED) is 0.0863. The van der Waals surface area contributed by atoms with E-state index in [0.29, 0.717) is 16.5 Å². The van der Waals surface area contributed by atoms with E-state index in [9.17, 15) is 20.0 Å². The first-order valence-electron chi connectivity index (χ1n) is 14.3. The highest BCUT2D eigenvalue weighted by Gasteiger charge is 2.18. The molecule has 4 N–H and O–H groups in total. The van der Waals surface area contributed by atoms with Gasteiger partial charge in [0.25, 0.3) is 11.6 Å². The van der Waals surface area contributed by atoms with Gasteiger partial charge in [-0.1, -0.05) is 123 Å². The van der Waals surface area contributed by atoms with E-state index >= 15 is 0 Å². The Balaban J connectivity index is 0.000000383. The minimum atomic E-state index is -0.580. The summed E-state index contributed by atoms with van der Waals surface area (Å²) in [4.78, 5) is 22.9. The molecule has 3 aromatic carbocycles. The van der Waals surface area contributed by atoms with Crippen LogP contribution in [0.25, 0.3) is 0 Å². The van der Waals surface area contributed by atoms with E-state index in [1.807, 2.05) is 30.3 Å². The summed E-state index contributed by atoms with van der Waals surface area (Å²) in [5.41, 5.74) is 7.09. The Labute approximate surface area is 256 Å². The molecule has 0 spiro atoms. The van der Waals surface area contributed by atoms with Gasteiger partial charge in [0, 0.05) is 28.6 Å². The number of nitrogens with one attached hydrogen (secondary N) is 1. The SMILES string of the molecule is CCCCCCCCCCCCN.O=C(Nc1ccc([N+](=O)[O-])cc1Cl)c1cc(Br)cc(Cc2ccccc2)c1O. The van der Waals surface area contributed by atoms with Crippen molar-refractivity contribution in [2.45, 2.75) is 77.6 Å². The van der Waals surface area contributed by atoms with Crippen molar-refractivity contribution in [3.8, 4) is 5.75 Å². The van der Waals surface area contributed by atoms with Crippen LogP contribution in [0, 0.1) is 10.1 Å². The number of nitro groups is 1. The fraction of sp³-hybridized carbons (Fsp3) is 0.406. The van der Waals surface area contributed by atoms with Crippen molar-refractivity contribution < 1.29 is 14.8 Å². The zero-order valence-electron chi connectivity index (χ0n) is 23.7. The molecule has 7 nitrogen and oxygen atoms in total. The number of hydrogen-bond acceptors (Lipinski definition) is 5. The summed E-state index contributed by atoms with van der Waals surface area (Å²) in [6.45, 7) is 3.14. The van der Waals surface area contributed by atoms with E-state index < -0.39 is 10.8 Å². The van der Waals surface area contributed by atoms with E-state index in [2.05, 4.69) is 28.2 Å². The van der Waals surface area contributed by atoms with Crippen molar-refractivity contribution in [1.29, 1.82) is 0 Å². The van der Waals surface area contributed by atoms with E-state index in [0.717, 1.165) is 18.2 Å². The van der Waals surface area contributed by atoms with Crippen molar-refractivity contribution in [2.24, 2.45) is 5.73 Å². The lowest BCUT2D eigenvalue weighted by Crippen LogP contribution is -2.13. The maximum atomic E-state index is 12.7. The molecule has 9 heteroatoms. The highest BCUT2D eigenvalue weighted by molar-refractivity contribution is 9.10. The molecule has 0 unspecified atom stereocenters. The van der Waals surface area contributed by atoms with Crippen molar-refractivity contribution in [3.63, 3.8) is 0 Å². The van der Waals surface area contributed by atoms with Crippen molar-refractivity contribution in [3.05, 3.63) is 97.0 Å². The van der Waals surface area contributed by atoms with Crippen LogP contribution < -0.4 is 11.1 Å². The molecule has 0 aliphatic carbocycles. The minimum Gasteiger partial charge on any atom is -0.507 e. The number of rotatable bonds is 15. The molecule has 0 heterocycles. The highest BCUT2D eigenvalue weighted by Crippen LogP contribution is 2.32. The Hall–Kier alpha value is -2.94. The topological polar surface area (TPSA) is 118 Å². The number of nitro benzene ring substituents is 1. The molecule has 0 bridgehead atoms. The predicted octanol–water partition coefficient (Wildman–Crippen LogP) is 9.43. The number of carbonyl (C=O) groups is 1. The monoisotopic (exact) mass is 645 g/mol. The highest BCUT2D eigenvalue weighted by atomic mass is 79.9. The zero-order chi connectivity index (χ0) is 30.0. The van der Waals surface area contributed by atoms with Crippen molar-refractivity contribution >= 4 is 44.8 Å². The van der Waals surface area contributed by atoms with E-state index in [1.54, 1.807) is 6.07 Å². The summed E-state index contributed by atoms with van der Waals surface area (Å²) in [5, 5.41) is 24.0. The van der Waals surface area contributed by atoms with Gasteiger partial charge in [-0.25, -0.2) is 0 Å². The first-order valence-corrected chi connectivity index (χ1v) is 15.4. The van der Waals surface area contributed by atoms with Crippen LogP contribution in [-0.2, 0) is 6.42 Å². The Morgan fingerprint density at radius 2 is 1.56 bits per heavy atom. The standard InChI is InChI=1S/C20H14BrClN2O4.C12H27N/c21-14-9-13(8-12-4-2-1-3-5-12)19(25)16(10-14)20(26)23-18-7-6-15(24(27)28)11-17(18)22;1-2-3-4-5-6-7-8-9-10-11-12-13/h1-7,9-11,25H,8H2,(H,23,26);2-13H2,1H3. The van der Waals surface area contributed by atoms with Gasteiger partial charge in [-0.05, 0) is 36.7 Å². The van der Waals surface area contributed by atoms with Gasteiger partial charge in [0.1, 0.15) is 5.75 Å². The van der Waals surface area contributed by atoms with Crippen LogP contribution in [-0.4, -0.2) is 22.5 Å². The van der Waals surface area contributed by atoms with Crippen molar-refractivity contribution in [1.82, 2.24) is 0 Å².